The van der Waals surface area contributed by atoms with Crippen molar-refractivity contribution in [3.63, 3.8) is 0 Å². The largest absolute Gasteiger partial charge is 0.256 e. The predicted molar refractivity (Wildman–Crippen MR) is 141 cm³/mol. The Labute approximate surface area is 210 Å². The summed E-state index contributed by atoms with van der Waals surface area (Å²) in [5, 5.41) is 0. The van der Waals surface area contributed by atoms with Crippen LogP contribution in [-0.2, 0) is 0 Å². The highest BCUT2D eigenvalue weighted by Gasteiger charge is 2.09. The maximum absolute atomic E-state index is 4.71. The maximum atomic E-state index is 4.71. The van der Waals surface area contributed by atoms with E-state index in [1.165, 1.54) is 0 Å². The normalized spacial score (nSPS) is 10.8. The van der Waals surface area contributed by atoms with Gasteiger partial charge in [0.2, 0.25) is 11.4 Å². The lowest BCUT2D eigenvalue weighted by Gasteiger charge is -2.05. The van der Waals surface area contributed by atoms with E-state index in [1.807, 2.05) is 48.8 Å². The molecule has 2 aromatic carbocycles. The number of nitrogens with zero attached hydrogens (tertiary/aromatic N) is 4. The van der Waals surface area contributed by atoms with E-state index in [1.54, 1.807) is 0 Å². The van der Waals surface area contributed by atoms with Crippen LogP contribution in [0.3, 0.4) is 0 Å². The van der Waals surface area contributed by atoms with Crippen molar-refractivity contribution < 1.29 is 9.13 Å². The molecular formula is C32H24N4+2. The highest BCUT2D eigenvalue weighted by molar-refractivity contribution is 5.68. The fourth-order valence-corrected chi connectivity index (χ4v) is 4.21. The lowest BCUT2D eigenvalue weighted by molar-refractivity contribution is -0.595. The smallest absolute Gasteiger partial charge is 0.210 e. The first-order valence-electron chi connectivity index (χ1n) is 11.9. The zero-order valence-electron chi connectivity index (χ0n) is 19.6. The molecule has 4 nitrogen and oxygen atoms in total. The summed E-state index contributed by atoms with van der Waals surface area (Å²) in [6, 6.07) is 37.2. The molecule has 170 valence electrons. The Bertz CT molecular complexity index is 1440. The third-order valence-corrected chi connectivity index (χ3v) is 6.22. The van der Waals surface area contributed by atoms with Gasteiger partial charge in [0.25, 0.3) is 0 Å². The van der Waals surface area contributed by atoms with Crippen LogP contribution in [0.1, 0.15) is 0 Å². The average Bonchev–Trinajstić information content (AvgIpc) is 2.98. The molecule has 0 bridgehead atoms. The molecule has 4 aromatic heterocycles. The van der Waals surface area contributed by atoms with Crippen LogP contribution in [0.2, 0.25) is 0 Å². The molecule has 6 rings (SSSR count). The molecule has 0 radical (unpaired) electrons. The van der Waals surface area contributed by atoms with E-state index in [0.717, 1.165) is 45.0 Å². The van der Waals surface area contributed by atoms with E-state index < -0.39 is 0 Å². The molecule has 0 aliphatic carbocycles. The van der Waals surface area contributed by atoms with Crippen molar-refractivity contribution in [3.05, 3.63) is 146 Å². The number of hydrogen-bond acceptors (Lipinski definition) is 2. The zero-order chi connectivity index (χ0) is 24.2. The van der Waals surface area contributed by atoms with Gasteiger partial charge in [-0.3, -0.25) is 9.97 Å². The number of aromatic nitrogens is 4. The second-order valence-corrected chi connectivity index (χ2v) is 8.52. The quantitative estimate of drug-likeness (QED) is 0.292. The first-order valence-corrected chi connectivity index (χ1v) is 11.9. The molecule has 0 saturated carbocycles. The summed E-state index contributed by atoms with van der Waals surface area (Å²) in [6.45, 7) is 0. The van der Waals surface area contributed by atoms with Crippen LogP contribution in [-0.4, -0.2) is 9.97 Å². The van der Waals surface area contributed by atoms with Gasteiger partial charge in [-0.25, -0.2) is 0 Å². The minimum atomic E-state index is 0.944. The van der Waals surface area contributed by atoms with E-state index in [-0.39, 0.29) is 0 Å². The monoisotopic (exact) mass is 464 g/mol. The molecular weight excluding hydrogens is 440 g/mol. The number of para-hydroxylation sites is 2. The molecule has 0 atom stereocenters. The van der Waals surface area contributed by atoms with E-state index in [9.17, 15) is 0 Å². The van der Waals surface area contributed by atoms with Crippen molar-refractivity contribution in [2.75, 3.05) is 0 Å². The van der Waals surface area contributed by atoms with Crippen molar-refractivity contribution in [1.82, 2.24) is 9.97 Å². The summed E-state index contributed by atoms with van der Waals surface area (Å²) in [5.41, 5.74) is 8.41. The minimum Gasteiger partial charge on any atom is -0.256 e. The maximum Gasteiger partial charge on any atom is 0.210 e. The molecule has 6 aromatic rings. The first kappa shape index (κ1) is 21.6. The summed E-state index contributed by atoms with van der Waals surface area (Å²) in [7, 11) is 0. The molecule has 0 unspecified atom stereocenters. The Hall–Kier alpha value is -4.96. The Morgan fingerprint density at radius 3 is 1.08 bits per heavy atom. The van der Waals surface area contributed by atoms with Crippen molar-refractivity contribution in [2.45, 2.75) is 0 Å². The molecule has 0 aliphatic heterocycles. The fraction of sp³-hybridized carbons (Fsp3) is 0. The molecule has 36 heavy (non-hydrogen) atoms. The zero-order valence-corrected chi connectivity index (χ0v) is 19.6. The Balaban J connectivity index is 1.17. The van der Waals surface area contributed by atoms with Gasteiger partial charge in [0, 0.05) is 83.2 Å². The third kappa shape index (κ3) is 4.52. The van der Waals surface area contributed by atoms with Crippen molar-refractivity contribution in [3.8, 4) is 45.0 Å². The Kier molecular flexibility index (Phi) is 5.83. The molecule has 0 aliphatic rings. The predicted octanol–water partition coefficient (Wildman–Crippen LogP) is 6.03. The first-order chi connectivity index (χ1) is 17.8. The van der Waals surface area contributed by atoms with E-state index in [2.05, 4.69) is 107 Å². The van der Waals surface area contributed by atoms with Crippen molar-refractivity contribution in [1.29, 1.82) is 0 Å². The summed E-state index contributed by atoms with van der Waals surface area (Å²) in [5.74, 6) is 0. The summed E-state index contributed by atoms with van der Waals surface area (Å²) in [6.07, 6.45) is 12.1. The number of pyridine rings is 4. The minimum absolute atomic E-state index is 0.944. The average molecular weight is 465 g/mol. The molecule has 0 fully saturated rings. The summed E-state index contributed by atoms with van der Waals surface area (Å²) in [4.78, 5) is 9.41. The highest BCUT2D eigenvalue weighted by Crippen LogP contribution is 2.24. The lowest BCUT2D eigenvalue weighted by atomic mass is 10.1. The molecule has 0 spiro atoms. The second kappa shape index (κ2) is 9.72. The Morgan fingerprint density at radius 1 is 0.361 bits per heavy atom. The third-order valence-electron chi connectivity index (χ3n) is 6.22. The van der Waals surface area contributed by atoms with Gasteiger partial charge in [-0.15, -0.1) is 0 Å². The number of rotatable bonds is 5. The van der Waals surface area contributed by atoms with E-state index in [0.29, 0.717) is 0 Å². The SMILES string of the molecule is c1ccc(-[n+]2ccc(-c3ccc(-c4ccc(-c5cc[n+](-c6ccccc6)cc5)nc4)cn3)cc2)cc1. The van der Waals surface area contributed by atoms with Gasteiger partial charge in [0.15, 0.2) is 24.8 Å². The van der Waals surface area contributed by atoms with Gasteiger partial charge in [-0.05, 0) is 12.1 Å². The van der Waals surface area contributed by atoms with E-state index >= 15 is 0 Å². The summed E-state index contributed by atoms with van der Waals surface area (Å²) < 4.78 is 4.19. The van der Waals surface area contributed by atoms with Gasteiger partial charge in [0.1, 0.15) is 0 Å². The fourth-order valence-electron chi connectivity index (χ4n) is 4.21. The van der Waals surface area contributed by atoms with Crippen molar-refractivity contribution >= 4 is 0 Å². The van der Waals surface area contributed by atoms with Gasteiger partial charge >= 0.3 is 0 Å². The van der Waals surface area contributed by atoms with Gasteiger partial charge in [0.05, 0.1) is 11.4 Å². The van der Waals surface area contributed by atoms with Crippen LogP contribution < -0.4 is 9.13 Å². The van der Waals surface area contributed by atoms with E-state index in [4.69, 9.17) is 9.97 Å². The van der Waals surface area contributed by atoms with Gasteiger partial charge in [-0.2, -0.15) is 9.13 Å². The van der Waals surface area contributed by atoms with Crippen molar-refractivity contribution in [2.24, 2.45) is 0 Å². The van der Waals surface area contributed by atoms with Crippen LogP contribution >= 0.6 is 0 Å². The molecule has 0 amide bonds. The second-order valence-electron chi connectivity index (χ2n) is 8.52. The highest BCUT2D eigenvalue weighted by atomic mass is 14.9. The van der Waals surface area contributed by atoms with Crippen LogP contribution in [0.5, 0.6) is 0 Å². The Morgan fingerprint density at radius 2 is 0.750 bits per heavy atom. The topological polar surface area (TPSA) is 33.5 Å². The number of benzene rings is 2. The van der Waals surface area contributed by atoms with Crippen LogP contribution in [0.4, 0.5) is 0 Å². The number of hydrogen-bond donors (Lipinski definition) is 0. The van der Waals surface area contributed by atoms with Crippen LogP contribution in [0.25, 0.3) is 45.0 Å². The van der Waals surface area contributed by atoms with Crippen LogP contribution in [0, 0.1) is 0 Å². The molecule has 0 N–H and O–H groups in total. The van der Waals surface area contributed by atoms with Gasteiger partial charge in [-0.1, -0.05) is 48.5 Å². The summed E-state index contributed by atoms with van der Waals surface area (Å²) >= 11 is 0. The van der Waals surface area contributed by atoms with Gasteiger partial charge < -0.3 is 0 Å². The standard InChI is InChI=1S/C32H24N4/c1-3-7-29(8-4-1)35-19-15-25(16-20-35)31-13-11-27(23-33-31)28-12-14-32(34-24-28)26-17-21-36(22-18-26)30-9-5-2-6-10-30/h1-24H/q+2. The molecule has 4 heterocycles. The molecule has 4 heteroatoms. The molecule has 0 saturated heterocycles. The van der Waals surface area contributed by atoms with Crippen LogP contribution in [0.15, 0.2) is 146 Å². The lowest BCUT2D eigenvalue weighted by Crippen LogP contribution is -2.28.